The fraction of sp³-hybridized carbons (Fsp3) is 0.0769. The van der Waals surface area contributed by atoms with E-state index in [0.717, 1.165) is 16.7 Å². The second-order valence-electron chi connectivity index (χ2n) is 7.50. The van der Waals surface area contributed by atoms with Crippen molar-refractivity contribution in [3.05, 3.63) is 119 Å². The van der Waals surface area contributed by atoms with Gasteiger partial charge in [-0.3, -0.25) is 0 Å². The number of hydrogen-bond donors (Lipinski definition) is 2. The van der Waals surface area contributed by atoms with Crippen LogP contribution in [0.3, 0.4) is 0 Å². The number of benzene rings is 4. The summed E-state index contributed by atoms with van der Waals surface area (Å²) < 4.78 is 32.0. The van der Waals surface area contributed by atoms with E-state index in [1.165, 1.54) is 6.07 Å². The van der Waals surface area contributed by atoms with Crippen molar-refractivity contribution >= 4 is 10.1 Å². The summed E-state index contributed by atoms with van der Waals surface area (Å²) >= 11 is 0. The van der Waals surface area contributed by atoms with E-state index in [1.807, 2.05) is 6.92 Å². The summed E-state index contributed by atoms with van der Waals surface area (Å²) in [7, 11) is -4.13. The Balaban J connectivity index is 1.84. The molecular formula is C26H22O5S. The Morgan fingerprint density at radius 2 is 1.19 bits per heavy atom. The molecule has 6 heteroatoms. The molecule has 0 fully saturated rings. The van der Waals surface area contributed by atoms with Crippen LogP contribution in [-0.2, 0) is 10.1 Å². The molecule has 0 spiro atoms. The van der Waals surface area contributed by atoms with Crippen molar-refractivity contribution in [2.24, 2.45) is 0 Å². The molecule has 0 aromatic heterocycles. The largest absolute Gasteiger partial charge is 0.508 e. The molecule has 0 unspecified atom stereocenters. The van der Waals surface area contributed by atoms with Gasteiger partial charge in [0.1, 0.15) is 22.1 Å². The molecular weight excluding hydrogens is 424 g/mol. The molecule has 4 rings (SSSR count). The quantitative estimate of drug-likeness (QED) is 0.308. The van der Waals surface area contributed by atoms with Crippen molar-refractivity contribution in [3.63, 3.8) is 0 Å². The first-order valence-corrected chi connectivity index (χ1v) is 11.4. The highest BCUT2D eigenvalue weighted by atomic mass is 32.2. The average Bonchev–Trinajstić information content (AvgIpc) is 2.78. The normalized spacial score (nSPS) is 11.4. The molecule has 0 atom stereocenters. The molecule has 0 aliphatic carbocycles. The van der Waals surface area contributed by atoms with E-state index < -0.39 is 16.0 Å². The minimum atomic E-state index is -4.13. The van der Waals surface area contributed by atoms with Gasteiger partial charge in [-0.15, -0.1) is 0 Å². The highest BCUT2D eigenvalue weighted by Gasteiger charge is 2.27. The predicted molar refractivity (Wildman–Crippen MR) is 123 cm³/mol. The van der Waals surface area contributed by atoms with E-state index >= 15 is 0 Å². The number of aromatic hydroxyl groups is 2. The van der Waals surface area contributed by atoms with Crippen LogP contribution in [0, 0.1) is 6.92 Å². The lowest BCUT2D eigenvalue weighted by Crippen LogP contribution is -2.15. The van der Waals surface area contributed by atoms with Crippen molar-refractivity contribution in [1.82, 2.24) is 0 Å². The summed E-state index contributed by atoms with van der Waals surface area (Å²) in [5, 5.41) is 19.5. The summed E-state index contributed by atoms with van der Waals surface area (Å²) in [6.45, 7) is 1.91. The summed E-state index contributed by atoms with van der Waals surface area (Å²) in [5.74, 6) is -0.0105. The van der Waals surface area contributed by atoms with E-state index in [2.05, 4.69) is 0 Å². The van der Waals surface area contributed by atoms with Crippen LogP contribution in [0.2, 0.25) is 0 Å². The van der Waals surface area contributed by atoms with E-state index in [-0.39, 0.29) is 22.1 Å². The molecule has 32 heavy (non-hydrogen) atoms. The molecule has 0 bridgehead atoms. The smallest absolute Gasteiger partial charge is 0.339 e. The minimum Gasteiger partial charge on any atom is -0.508 e. The summed E-state index contributed by atoms with van der Waals surface area (Å²) in [6, 6.07) is 26.7. The lowest BCUT2D eigenvalue weighted by Gasteiger charge is -2.22. The molecule has 0 amide bonds. The van der Waals surface area contributed by atoms with Gasteiger partial charge in [0.2, 0.25) is 0 Å². The SMILES string of the molecule is Cc1ccc(OS(=O)(=O)c2ccccc2C(c2ccc(O)cc2)c2ccc(O)cc2)cc1. The molecule has 162 valence electrons. The van der Waals surface area contributed by atoms with Crippen LogP contribution in [-0.4, -0.2) is 18.6 Å². The van der Waals surface area contributed by atoms with Gasteiger partial charge < -0.3 is 14.4 Å². The number of phenols is 2. The fourth-order valence-electron chi connectivity index (χ4n) is 3.60. The molecule has 0 saturated heterocycles. The Bertz CT molecular complexity index is 1260. The first-order valence-electron chi connectivity index (χ1n) is 10.0. The third kappa shape index (κ3) is 4.60. The Morgan fingerprint density at radius 3 is 1.72 bits per heavy atom. The minimum absolute atomic E-state index is 0.0479. The van der Waals surface area contributed by atoms with Crippen LogP contribution in [0.1, 0.15) is 28.2 Å². The Morgan fingerprint density at radius 1 is 0.688 bits per heavy atom. The van der Waals surface area contributed by atoms with Gasteiger partial charge >= 0.3 is 10.1 Å². The Kier molecular flexibility index (Phi) is 5.88. The van der Waals surface area contributed by atoms with Crippen LogP contribution in [0.25, 0.3) is 0 Å². The number of hydrogen-bond acceptors (Lipinski definition) is 5. The zero-order valence-corrected chi connectivity index (χ0v) is 18.2. The third-order valence-electron chi connectivity index (χ3n) is 5.18. The number of aryl methyl sites for hydroxylation is 1. The van der Waals surface area contributed by atoms with Crippen LogP contribution in [0.4, 0.5) is 0 Å². The monoisotopic (exact) mass is 446 g/mol. The van der Waals surface area contributed by atoms with Crippen LogP contribution < -0.4 is 4.18 Å². The van der Waals surface area contributed by atoms with E-state index in [0.29, 0.717) is 5.56 Å². The topological polar surface area (TPSA) is 83.8 Å². The molecule has 0 aliphatic rings. The molecule has 0 radical (unpaired) electrons. The molecule has 2 N–H and O–H groups in total. The van der Waals surface area contributed by atoms with Gasteiger partial charge in [0.25, 0.3) is 0 Å². The lowest BCUT2D eigenvalue weighted by molar-refractivity contribution is 0.474. The second-order valence-corrected chi connectivity index (χ2v) is 9.02. The van der Waals surface area contributed by atoms with Gasteiger partial charge in [0.05, 0.1) is 0 Å². The first kappa shape index (κ1) is 21.5. The Labute approximate surface area is 187 Å². The molecule has 0 heterocycles. The molecule has 4 aromatic rings. The zero-order valence-electron chi connectivity index (χ0n) is 17.3. The molecule has 4 aromatic carbocycles. The lowest BCUT2D eigenvalue weighted by atomic mass is 9.85. The average molecular weight is 447 g/mol. The number of rotatable bonds is 6. The van der Waals surface area contributed by atoms with Gasteiger partial charge in [-0.1, -0.05) is 60.2 Å². The van der Waals surface area contributed by atoms with Crippen molar-refractivity contribution in [1.29, 1.82) is 0 Å². The van der Waals surface area contributed by atoms with E-state index in [1.54, 1.807) is 91.0 Å². The highest BCUT2D eigenvalue weighted by Crippen LogP contribution is 2.37. The van der Waals surface area contributed by atoms with Crippen LogP contribution in [0.5, 0.6) is 17.2 Å². The summed E-state index contributed by atoms with van der Waals surface area (Å²) in [4.78, 5) is 0.0479. The van der Waals surface area contributed by atoms with E-state index in [9.17, 15) is 18.6 Å². The first-order chi connectivity index (χ1) is 15.3. The van der Waals surface area contributed by atoms with Crippen LogP contribution in [0.15, 0.2) is 102 Å². The van der Waals surface area contributed by atoms with Gasteiger partial charge in [0.15, 0.2) is 0 Å². The summed E-state index contributed by atoms with van der Waals surface area (Å²) in [5.41, 5.74) is 3.09. The van der Waals surface area contributed by atoms with Gasteiger partial charge in [-0.2, -0.15) is 8.42 Å². The second kappa shape index (κ2) is 8.77. The summed E-state index contributed by atoms with van der Waals surface area (Å²) in [6.07, 6.45) is 0. The molecule has 5 nitrogen and oxygen atoms in total. The van der Waals surface area contributed by atoms with Gasteiger partial charge in [0, 0.05) is 5.92 Å². The maximum atomic E-state index is 13.3. The molecule has 0 saturated carbocycles. The maximum absolute atomic E-state index is 13.3. The molecule has 0 aliphatic heterocycles. The van der Waals surface area contributed by atoms with Crippen LogP contribution >= 0.6 is 0 Å². The van der Waals surface area contributed by atoms with Crippen molar-refractivity contribution in [2.75, 3.05) is 0 Å². The fourth-order valence-corrected chi connectivity index (χ4v) is 4.77. The highest BCUT2D eigenvalue weighted by molar-refractivity contribution is 7.87. The number of phenolic OH excluding ortho intramolecular Hbond substituents is 2. The maximum Gasteiger partial charge on any atom is 0.339 e. The zero-order chi connectivity index (χ0) is 22.7. The van der Waals surface area contributed by atoms with Crippen molar-refractivity contribution in [3.8, 4) is 17.2 Å². The predicted octanol–water partition coefficient (Wildman–Crippen LogP) is 5.35. The Hall–Kier alpha value is -3.77. The third-order valence-corrected chi connectivity index (χ3v) is 6.50. The van der Waals surface area contributed by atoms with Crippen molar-refractivity contribution in [2.45, 2.75) is 17.7 Å². The van der Waals surface area contributed by atoms with Gasteiger partial charge in [-0.05, 0) is 66.1 Å². The van der Waals surface area contributed by atoms with Crippen molar-refractivity contribution < 1.29 is 22.8 Å². The van der Waals surface area contributed by atoms with Gasteiger partial charge in [-0.25, -0.2) is 0 Å². The van der Waals surface area contributed by atoms with E-state index in [4.69, 9.17) is 4.18 Å². The standard InChI is InChI=1S/C26H22O5S/c1-18-6-16-23(17-7-18)31-32(29,30)25-5-3-2-4-24(25)26(19-8-12-21(27)13-9-19)20-10-14-22(28)15-11-20/h2-17,26-28H,1H3.